The Morgan fingerprint density at radius 3 is 2.86 bits per heavy atom. The fraction of sp³-hybridized carbons (Fsp3) is 0. The smallest absolute Gasteiger partial charge is 0.506 e. The molecule has 68 valence electrons. The number of pyridine rings is 1. The normalized spacial score (nSPS) is 9.43. The molecule has 1 rings (SSSR count). The molecule has 1 aromatic heterocycles. The van der Waals surface area contributed by atoms with Gasteiger partial charge in [0.2, 0.25) is 0 Å². The van der Waals surface area contributed by atoms with Crippen molar-refractivity contribution in [3.8, 4) is 5.75 Å². The van der Waals surface area contributed by atoms with Crippen LogP contribution in [0.15, 0.2) is 23.4 Å². The molecule has 0 aromatic carbocycles. The minimum atomic E-state index is -0.0324. The van der Waals surface area contributed by atoms with Crippen LogP contribution in [0.1, 0.15) is 5.69 Å². The van der Waals surface area contributed by atoms with Gasteiger partial charge in [-0.3, -0.25) is 10.1 Å². The number of thiocarbonyl (C=S) groups is 1. The Hall–Kier alpha value is -0.690. The molecule has 0 atom stereocenters. The Balaban J connectivity index is 0.00000169. The summed E-state index contributed by atoms with van der Waals surface area (Å²) in [6, 6.07) is 3.09. The van der Waals surface area contributed by atoms with Gasteiger partial charge in [0.15, 0.2) is 0 Å². The van der Waals surface area contributed by atoms with Gasteiger partial charge in [-0.05, 0) is 12.1 Å². The Kier molecular flexibility index (Phi) is 6.39. The van der Waals surface area contributed by atoms with E-state index in [-0.39, 0.29) is 40.4 Å². The van der Waals surface area contributed by atoms with E-state index in [1.807, 2.05) is 0 Å². The third kappa shape index (κ3) is 5.13. The van der Waals surface area contributed by atoms with Crippen LogP contribution in [0.25, 0.3) is 5.43 Å². The van der Waals surface area contributed by atoms with E-state index >= 15 is 0 Å². The first kappa shape index (κ1) is 13.3. The molecule has 0 saturated carbocycles. The van der Waals surface area contributed by atoms with Gasteiger partial charge >= 0.3 is 29.6 Å². The van der Waals surface area contributed by atoms with Gasteiger partial charge in [0.05, 0.1) is 18.1 Å². The molecule has 1 aromatic rings. The van der Waals surface area contributed by atoms with Crippen LogP contribution in [0.2, 0.25) is 0 Å². The van der Waals surface area contributed by atoms with E-state index in [1.165, 1.54) is 18.5 Å². The van der Waals surface area contributed by atoms with Gasteiger partial charge < -0.3 is 16.3 Å². The number of nitrogens with zero attached hydrogens (tertiary/aromatic N) is 3. The minimum absolute atomic E-state index is 0. The molecule has 5 nitrogen and oxygen atoms in total. The quantitative estimate of drug-likeness (QED) is 0.254. The van der Waals surface area contributed by atoms with Gasteiger partial charge in [-0.1, -0.05) is 12.2 Å². The van der Waals surface area contributed by atoms with Crippen LogP contribution >= 0.6 is 12.2 Å². The molecule has 1 heterocycles. The first-order chi connectivity index (χ1) is 6.18. The Morgan fingerprint density at radius 2 is 2.36 bits per heavy atom. The van der Waals surface area contributed by atoms with Crippen LogP contribution in [0.5, 0.6) is 5.75 Å². The zero-order valence-electron chi connectivity index (χ0n) is 7.58. The van der Waals surface area contributed by atoms with Crippen LogP contribution in [0, 0.1) is 0 Å². The summed E-state index contributed by atoms with van der Waals surface area (Å²) in [7, 11) is 0. The van der Waals surface area contributed by atoms with Crippen LogP contribution in [0.4, 0.5) is 0 Å². The van der Waals surface area contributed by atoms with Crippen molar-refractivity contribution in [1.82, 2.24) is 4.98 Å². The monoisotopic (exact) mass is 218 g/mol. The topological polar surface area (TPSA) is 85.6 Å². The third-order valence-electron chi connectivity index (χ3n) is 1.12. The maximum absolute atomic E-state index is 8.90. The largest absolute Gasteiger partial charge is 1.00 e. The molecule has 0 aliphatic carbocycles. The molecule has 0 amide bonds. The SMILES string of the molecule is NC(=S)[N-]/N=C/c1ccc(O)cn1.[Na+]. The molecule has 0 aliphatic heterocycles. The van der Waals surface area contributed by atoms with Crippen molar-refractivity contribution in [2.75, 3.05) is 0 Å². The van der Waals surface area contributed by atoms with Crippen molar-refractivity contribution in [3.63, 3.8) is 0 Å². The summed E-state index contributed by atoms with van der Waals surface area (Å²) >= 11 is 4.47. The van der Waals surface area contributed by atoms with Gasteiger partial charge in [-0.15, -0.1) is 0 Å². The molecular weight excluding hydrogens is 211 g/mol. The van der Waals surface area contributed by atoms with Gasteiger partial charge in [0.25, 0.3) is 0 Å². The van der Waals surface area contributed by atoms with E-state index < -0.39 is 0 Å². The van der Waals surface area contributed by atoms with E-state index in [0.717, 1.165) is 0 Å². The van der Waals surface area contributed by atoms with E-state index in [9.17, 15) is 0 Å². The number of rotatable bonds is 2. The Bertz CT molecular complexity index is 327. The van der Waals surface area contributed by atoms with E-state index in [4.69, 9.17) is 10.8 Å². The van der Waals surface area contributed by atoms with Crippen molar-refractivity contribution >= 4 is 23.5 Å². The van der Waals surface area contributed by atoms with Gasteiger partial charge in [0.1, 0.15) is 5.75 Å². The zero-order chi connectivity index (χ0) is 9.68. The summed E-state index contributed by atoms with van der Waals surface area (Å²) in [5.41, 5.74) is 9.06. The molecule has 7 heteroatoms. The standard InChI is InChI=1S/C7H8N4OS.Na/c8-7(13)11-10-3-5-1-2-6(12)4-9-5;/h1-4H,(H4,8,9,10,11,12,13);/q;+1/p-1. The number of nitrogens with two attached hydrogens (primary N) is 1. The summed E-state index contributed by atoms with van der Waals surface area (Å²) < 4.78 is 0. The summed E-state index contributed by atoms with van der Waals surface area (Å²) in [6.45, 7) is 0. The molecule has 0 radical (unpaired) electrons. The summed E-state index contributed by atoms with van der Waals surface area (Å²) in [4.78, 5) is 3.83. The number of aromatic hydroxyl groups is 1. The van der Waals surface area contributed by atoms with Crippen LogP contribution in [-0.2, 0) is 0 Å². The van der Waals surface area contributed by atoms with Crippen molar-refractivity contribution in [1.29, 1.82) is 0 Å². The molecule has 0 saturated heterocycles. The number of hydrogen-bond acceptors (Lipinski definition) is 4. The average molecular weight is 218 g/mol. The third-order valence-corrected chi connectivity index (χ3v) is 1.20. The van der Waals surface area contributed by atoms with Crippen LogP contribution in [-0.4, -0.2) is 21.4 Å². The van der Waals surface area contributed by atoms with E-state index in [0.29, 0.717) is 5.69 Å². The number of aromatic nitrogens is 1. The van der Waals surface area contributed by atoms with E-state index in [2.05, 4.69) is 27.7 Å². The fourth-order valence-electron chi connectivity index (χ4n) is 0.619. The van der Waals surface area contributed by atoms with Crippen molar-refractivity contribution in [3.05, 3.63) is 29.4 Å². The van der Waals surface area contributed by atoms with Crippen molar-refractivity contribution < 1.29 is 34.7 Å². The maximum Gasteiger partial charge on any atom is 1.00 e. The second-order valence-corrected chi connectivity index (χ2v) is 2.54. The van der Waals surface area contributed by atoms with Gasteiger partial charge in [-0.2, -0.15) is 0 Å². The molecule has 0 bridgehead atoms. The summed E-state index contributed by atoms with van der Waals surface area (Å²) in [6.07, 6.45) is 2.70. The van der Waals surface area contributed by atoms with E-state index in [1.54, 1.807) is 6.07 Å². The summed E-state index contributed by atoms with van der Waals surface area (Å²) in [5, 5.41) is 12.4. The maximum atomic E-state index is 8.90. The predicted octanol–water partition coefficient (Wildman–Crippen LogP) is -2.26. The second kappa shape index (κ2) is 6.72. The Labute approximate surface area is 109 Å². The fourth-order valence-corrected chi connectivity index (χ4v) is 0.666. The molecule has 0 unspecified atom stereocenters. The summed E-state index contributed by atoms with van der Waals surface area (Å²) in [5.74, 6) is 0.100. The Morgan fingerprint density at radius 1 is 1.64 bits per heavy atom. The molecule has 14 heavy (non-hydrogen) atoms. The molecule has 0 spiro atoms. The molecule has 0 aliphatic rings. The van der Waals surface area contributed by atoms with Gasteiger partial charge in [0, 0.05) is 5.11 Å². The molecule has 3 N–H and O–H groups in total. The first-order valence-electron chi connectivity index (χ1n) is 3.37. The van der Waals surface area contributed by atoms with Crippen LogP contribution in [0.3, 0.4) is 0 Å². The number of hydrogen-bond donors (Lipinski definition) is 2. The van der Waals surface area contributed by atoms with Crippen LogP contribution < -0.4 is 35.3 Å². The predicted molar refractivity (Wildman–Crippen MR) is 53.6 cm³/mol. The molecular formula is C7H7N4NaOS. The van der Waals surface area contributed by atoms with Crippen molar-refractivity contribution in [2.45, 2.75) is 0 Å². The minimum Gasteiger partial charge on any atom is -0.506 e. The average Bonchev–Trinajstić information content (AvgIpc) is 2.08. The zero-order valence-corrected chi connectivity index (χ0v) is 10.4. The first-order valence-corrected chi connectivity index (χ1v) is 3.78. The van der Waals surface area contributed by atoms with Crippen molar-refractivity contribution in [2.24, 2.45) is 10.8 Å². The van der Waals surface area contributed by atoms with Gasteiger partial charge in [-0.25, -0.2) is 0 Å². The second-order valence-electron chi connectivity index (χ2n) is 2.12. The molecule has 0 fully saturated rings.